The summed E-state index contributed by atoms with van der Waals surface area (Å²) in [4.78, 5) is 11.6. The van der Waals surface area contributed by atoms with Gasteiger partial charge in [0.15, 0.2) is 0 Å². The molecule has 0 bridgehead atoms. The quantitative estimate of drug-likeness (QED) is 0.647. The number of carbonyl (C=O) groups is 1. The minimum atomic E-state index is -4.84. The Hall–Kier alpha value is -0.780. The molecule has 3 nitrogen and oxygen atoms in total. The molecule has 6 heteroatoms. The average Bonchev–Trinajstić information content (AvgIpc) is 2.06. The third-order valence-electron chi connectivity index (χ3n) is 2.36. The molecule has 2 atom stereocenters. The number of carbonyl (C=O) groups excluding carboxylic acids is 1. The van der Waals surface area contributed by atoms with Gasteiger partial charge in [0.05, 0.1) is 6.10 Å². The smallest absolute Gasteiger partial charge is 0.391 e. The van der Waals surface area contributed by atoms with E-state index >= 15 is 0 Å². The molecular formula is C8H12F3NO2. The van der Waals surface area contributed by atoms with Crippen molar-refractivity contribution >= 4 is 5.91 Å². The highest BCUT2D eigenvalue weighted by atomic mass is 19.4. The summed E-state index contributed by atoms with van der Waals surface area (Å²) < 4.78 is 36.2. The molecule has 1 heterocycles. The van der Waals surface area contributed by atoms with Crippen LogP contribution in [0.15, 0.2) is 0 Å². The van der Waals surface area contributed by atoms with E-state index in [-0.39, 0.29) is 6.54 Å². The van der Waals surface area contributed by atoms with Gasteiger partial charge >= 0.3 is 12.1 Å². The molecule has 0 aromatic carbocycles. The predicted octanol–water partition coefficient (Wildman–Crippen LogP) is 0.921. The van der Waals surface area contributed by atoms with E-state index in [9.17, 15) is 18.0 Å². The van der Waals surface area contributed by atoms with E-state index in [4.69, 9.17) is 5.11 Å². The van der Waals surface area contributed by atoms with Crippen LogP contribution in [-0.4, -0.2) is 40.8 Å². The van der Waals surface area contributed by atoms with Crippen LogP contribution in [0.2, 0.25) is 0 Å². The molecule has 1 aliphatic heterocycles. The van der Waals surface area contributed by atoms with Crippen molar-refractivity contribution in [3.63, 3.8) is 0 Å². The summed E-state index contributed by atoms with van der Waals surface area (Å²) in [7, 11) is 0. The Labute approximate surface area is 79.5 Å². The van der Waals surface area contributed by atoms with Gasteiger partial charge in [0.1, 0.15) is 0 Å². The van der Waals surface area contributed by atoms with Crippen LogP contribution in [-0.2, 0) is 4.79 Å². The minimum absolute atomic E-state index is 0.223. The number of halogens is 3. The summed E-state index contributed by atoms with van der Waals surface area (Å²) in [5.74, 6) is -1.86. The predicted molar refractivity (Wildman–Crippen MR) is 42.5 cm³/mol. The molecule has 0 spiro atoms. The molecule has 1 fully saturated rings. The number of nitrogens with zero attached hydrogens (tertiary/aromatic N) is 1. The van der Waals surface area contributed by atoms with Crippen molar-refractivity contribution in [1.29, 1.82) is 0 Å². The molecule has 0 aromatic rings. The number of hydrogen-bond donors (Lipinski definition) is 1. The van der Waals surface area contributed by atoms with Gasteiger partial charge in [-0.25, -0.2) is 0 Å². The largest absolute Gasteiger partial charge is 0.471 e. The van der Waals surface area contributed by atoms with Crippen LogP contribution in [0.25, 0.3) is 0 Å². The van der Waals surface area contributed by atoms with Crippen LogP contribution < -0.4 is 0 Å². The maximum atomic E-state index is 12.1. The van der Waals surface area contributed by atoms with Crippen molar-refractivity contribution < 1.29 is 23.1 Å². The van der Waals surface area contributed by atoms with Crippen molar-refractivity contribution in [2.45, 2.75) is 38.1 Å². The summed E-state index contributed by atoms with van der Waals surface area (Å²) in [6.07, 6.45) is -4.82. The number of likely N-dealkylation sites (tertiary alicyclic amines) is 1. The average molecular weight is 211 g/mol. The zero-order valence-corrected chi connectivity index (χ0v) is 7.71. The van der Waals surface area contributed by atoms with Gasteiger partial charge < -0.3 is 10.0 Å². The summed E-state index contributed by atoms with van der Waals surface area (Å²) in [6, 6.07) is -0.451. The minimum Gasteiger partial charge on any atom is -0.391 e. The highest BCUT2D eigenvalue weighted by Gasteiger charge is 2.45. The first-order valence-electron chi connectivity index (χ1n) is 4.38. The Bertz CT molecular complexity index is 229. The van der Waals surface area contributed by atoms with Crippen LogP contribution >= 0.6 is 0 Å². The molecular weight excluding hydrogens is 199 g/mol. The molecule has 1 amide bonds. The lowest BCUT2D eigenvalue weighted by atomic mass is 10.0. The van der Waals surface area contributed by atoms with Crippen LogP contribution in [0.4, 0.5) is 13.2 Å². The second-order valence-electron chi connectivity index (χ2n) is 3.54. The first kappa shape index (κ1) is 11.3. The summed E-state index contributed by atoms with van der Waals surface area (Å²) in [5.41, 5.74) is 0. The Morgan fingerprint density at radius 1 is 1.43 bits per heavy atom. The van der Waals surface area contributed by atoms with Gasteiger partial charge in [-0.1, -0.05) is 0 Å². The summed E-state index contributed by atoms with van der Waals surface area (Å²) >= 11 is 0. The number of hydrogen-bond acceptors (Lipinski definition) is 2. The lowest BCUT2D eigenvalue weighted by Crippen LogP contribution is -2.52. The lowest BCUT2D eigenvalue weighted by Gasteiger charge is -2.36. The fourth-order valence-corrected chi connectivity index (χ4v) is 1.53. The highest BCUT2D eigenvalue weighted by Crippen LogP contribution is 2.24. The van der Waals surface area contributed by atoms with E-state index in [1.54, 1.807) is 6.92 Å². The maximum Gasteiger partial charge on any atom is 0.471 e. The fourth-order valence-electron chi connectivity index (χ4n) is 1.53. The second-order valence-corrected chi connectivity index (χ2v) is 3.54. The van der Waals surface area contributed by atoms with Gasteiger partial charge in [-0.05, 0) is 19.8 Å². The summed E-state index contributed by atoms with van der Waals surface area (Å²) in [6.45, 7) is 1.33. The molecule has 82 valence electrons. The number of aliphatic hydroxyl groups is 1. The fraction of sp³-hybridized carbons (Fsp3) is 0.875. The van der Waals surface area contributed by atoms with Gasteiger partial charge in [0, 0.05) is 12.6 Å². The third kappa shape index (κ3) is 2.37. The second kappa shape index (κ2) is 3.76. The maximum absolute atomic E-state index is 12.1. The normalized spacial score (nSPS) is 29.1. The zero-order chi connectivity index (χ0) is 10.9. The number of amides is 1. The molecule has 0 aromatic heterocycles. The first-order chi connectivity index (χ1) is 6.32. The molecule has 1 rings (SSSR count). The molecule has 0 aliphatic carbocycles. The van der Waals surface area contributed by atoms with E-state index in [1.807, 2.05) is 0 Å². The highest BCUT2D eigenvalue weighted by molar-refractivity contribution is 5.82. The molecule has 0 saturated carbocycles. The Balaban J connectivity index is 2.70. The van der Waals surface area contributed by atoms with Gasteiger partial charge in [-0.2, -0.15) is 13.2 Å². The van der Waals surface area contributed by atoms with E-state index in [1.165, 1.54) is 0 Å². The van der Waals surface area contributed by atoms with Crippen molar-refractivity contribution in [2.24, 2.45) is 0 Å². The Morgan fingerprint density at radius 3 is 2.50 bits per heavy atom. The van der Waals surface area contributed by atoms with Crippen molar-refractivity contribution in [2.75, 3.05) is 6.54 Å². The lowest BCUT2D eigenvalue weighted by molar-refractivity contribution is -0.190. The third-order valence-corrected chi connectivity index (χ3v) is 2.36. The molecule has 0 radical (unpaired) electrons. The van der Waals surface area contributed by atoms with E-state index in [0.29, 0.717) is 17.7 Å². The van der Waals surface area contributed by atoms with Gasteiger partial charge in [0.25, 0.3) is 0 Å². The van der Waals surface area contributed by atoms with Crippen molar-refractivity contribution in [3.8, 4) is 0 Å². The van der Waals surface area contributed by atoms with Gasteiger partial charge in [0.2, 0.25) is 0 Å². The van der Waals surface area contributed by atoms with Gasteiger partial charge in [-0.3, -0.25) is 4.79 Å². The molecule has 2 unspecified atom stereocenters. The van der Waals surface area contributed by atoms with Crippen LogP contribution in [0.1, 0.15) is 19.8 Å². The number of alkyl halides is 3. The van der Waals surface area contributed by atoms with E-state index in [0.717, 1.165) is 0 Å². The van der Waals surface area contributed by atoms with E-state index in [2.05, 4.69) is 0 Å². The number of aliphatic hydroxyl groups excluding tert-OH is 1. The number of rotatable bonds is 0. The molecule has 1 saturated heterocycles. The van der Waals surface area contributed by atoms with Crippen molar-refractivity contribution in [3.05, 3.63) is 0 Å². The zero-order valence-electron chi connectivity index (χ0n) is 7.71. The van der Waals surface area contributed by atoms with Crippen LogP contribution in [0, 0.1) is 0 Å². The Kier molecular flexibility index (Phi) is 3.04. The SMILES string of the molecule is CC1CCC(O)CN1C(=O)C(F)(F)F. The number of piperidine rings is 1. The first-order valence-corrected chi connectivity index (χ1v) is 4.38. The van der Waals surface area contributed by atoms with E-state index < -0.39 is 24.2 Å². The van der Waals surface area contributed by atoms with Crippen molar-refractivity contribution in [1.82, 2.24) is 4.90 Å². The monoisotopic (exact) mass is 211 g/mol. The molecule has 14 heavy (non-hydrogen) atoms. The van der Waals surface area contributed by atoms with Gasteiger partial charge in [-0.15, -0.1) is 0 Å². The molecule has 1 N–H and O–H groups in total. The van der Waals surface area contributed by atoms with Crippen LogP contribution in [0.5, 0.6) is 0 Å². The Morgan fingerprint density at radius 2 is 2.00 bits per heavy atom. The van der Waals surface area contributed by atoms with Crippen LogP contribution in [0.3, 0.4) is 0 Å². The number of β-amino-alcohol motifs (C(OH)–C–C–N with tert-alkyl or cyclic N) is 1. The topological polar surface area (TPSA) is 40.5 Å². The standard InChI is InChI=1S/C8H12F3NO2/c1-5-2-3-6(13)4-12(5)7(14)8(9,10)11/h5-6,13H,2-4H2,1H3. The summed E-state index contributed by atoms with van der Waals surface area (Å²) in [5, 5.41) is 9.15. The molecule has 1 aliphatic rings.